The number of aliphatic hydroxyl groups is 1. The largest absolute Gasteiger partial charge is 0.506 e. The minimum Gasteiger partial charge on any atom is -0.506 e. The average molecular weight is 732 g/mol. The molecule has 2 aliphatic heterocycles. The maximum atomic E-state index is 14.6. The van der Waals surface area contributed by atoms with Crippen LogP contribution in [0.4, 0.5) is 10.1 Å². The van der Waals surface area contributed by atoms with E-state index < -0.39 is 6.10 Å². The van der Waals surface area contributed by atoms with Crippen LogP contribution in [0.25, 0.3) is 0 Å². The monoisotopic (exact) mass is 731 g/mol. The molecule has 1 atom stereocenters. The predicted octanol–water partition coefficient (Wildman–Crippen LogP) is 6.09. The van der Waals surface area contributed by atoms with Gasteiger partial charge in [-0.1, -0.05) is 45.9 Å². The number of likely N-dealkylation sites (N-methyl/N-ethyl adjacent to an activating group) is 1. The first-order valence-electron chi connectivity index (χ1n) is 17.3. The van der Waals surface area contributed by atoms with Crippen LogP contribution in [0.1, 0.15) is 84.7 Å². The number of thiazole rings is 1. The third-order valence-corrected chi connectivity index (χ3v) is 10.7. The topological polar surface area (TPSA) is 127 Å². The van der Waals surface area contributed by atoms with Gasteiger partial charge < -0.3 is 30.5 Å². The lowest BCUT2D eigenvalue weighted by Gasteiger charge is -2.46. The van der Waals surface area contributed by atoms with Crippen LogP contribution >= 0.6 is 23.1 Å². The van der Waals surface area contributed by atoms with Crippen LogP contribution in [0, 0.1) is 5.82 Å². The van der Waals surface area contributed by atoms with Gasteiger partial charge in [-0.2, -0.15) is 0 Å². The first-order chi connectivity index (χ1) is 24.1. The number of carbonyl (C=O) groups excluding carboxylic acids is 2. The van der Waals surface area contributed by atoms with Crippen molar-refractivity contribution in [1.29, 1.82) is 0 Å². The van der Waals surface area contributed by atoms with Crippen LogP contribution in [0.15, 0.2) is 40.6 Å². The number of rotatable bonds is 13. The lowest BCUT2D eigenvalue weighted by Crippen LogP contribution is -2.55. The molecular weight excluding hydrogens is 678 g/mol. The van der Waals surface area contributed by atoms with Gasteiger partial charge in [0.1, 0.15) is 17.3 Å². The van der Waals surface area contributed by atoms with Gasteiger partial charge in [-0.05, 0) is 67.9 Å². The van der Waals surface area contributed by atoms with Gasteiger partial charge in [0.15, 0.2) is 6.29 Å². The second kappa shape index (κ2) is 20.8. The molecule has 13 heteroatoms. The number of morpholine rings is 1. The number of anilines is 1. The summed E-state index contributed by atoms with van der Waals surface area (Å²) in [5.41, 5.74) is 3.18. The average Bonchev–Trinajstić information content (AvgIpc) is 3.61. The molecule has 1 spiro atoms. The summed E-state index contributed by atoms with van der Waals surface area (Å²) in [4.78, 5) is 30.6. The van der Waals surface area contributed by atoms with Crippen molar-refractivity contribution in [2.24, 2.45) is 0 Å². The molecule has 2 saturated heterocycles. The predicted molar refractivity (Wildman–Crippen MR) is 201 cm³/mol. The highest BCUT2D eigenvalue weighted by atomic mass is 32.2. The molecule has 2 fully saturated rings. The van der Waals surface area contributed by atoms with Gasteiger partial charge in [0.2, 0.25) is 6.41 Å². The van der Waals surface area contributed by atoms with E-state index in [1.54, 1.807) is 17.5 Å². The molecular formula is C37H54FN5O5S2. The zero-order chi connectivity index (χ0) is 36.7. The molecule has 4 N–H and O–H groups in total. The fourth-order valence-corrected chi connectivity index (χ4v) is 7.68. The number of phenols is 1. The summed E-state index contributed by atoms with van der Waals surface area (Å²) in [6.45, 7) is 14.4. The van der Waals surface area contributed by atoms with Gasteiger partial charge in [0, 0.05) is 55.5 Å². The molecule has 3 aromatic rings. The number of thioether (sulfide) groups is 1. The van der Waals surface area contributed by atoms with Crippen molar-refractivity contribution in [1.82, 2.24) is 20.1 Å². The Morgan fingerprint density at radius 3 is 2.50 bits per heavy atom. The summed E-state index contributed by atoms with van der Waals surface area (Å²) in [5, 5.41) is 29.3. The summed E-state index contributed by atoms with van der Waals surface area (Å²) in [6.07, 6.45) is 4.77. The Hall–Kier alpha value is -2.91. The minimum absolute atomic E-state index is 0.0169. The van der Waals surface area contributed by atoms with Gasteiger partial charge in [-0.3, -0.25) is 14.5 Å². The van der Waals surface area contributed by atoms with Crippen molar-refractivity contribution in [2.45, 2.75) is 76.0 Å². The number of halogens is 1. The van der Waals surface area contributed by atoms with Gasteiger partial charge in [0.05, 0.1) is 29.0 Å². The Bertz CT molecular complexity index is 1500. The Kier molecular flexibility index (Phi) is 17.3. The van der Waals surface area contributed by atoms with Crippen molar-refractivity contribution in [2.75, 3.05) is 64.5 Å². The maximum Gasteiger partial charge on any atom is 0.211 e. The summed E-state index contributed by atoms with van der Waals surface area (Å²) >= 11 is 2.87. The smallest absolute Gasteiger partial charge is 0.211 e. The third-order valence-electron chi connectivity index (χ3n) is 8.72. The second-order valence-corrected chi connectivity index (χ2v) is 14.4. The van der Waals surface area contributed by atoms with E-state index in [0.29, 0.717) is 47.0 Å². The number of aromatic nitrogens is 1. The molecule has 0 radical (unpaired) electrons. The van der Waals surface area contributed by atoms with Gasteiger partial charge in [-0.25, -0.2) is 9.37 Å². The molecule has 1 unspecified atom stereocenters. The number of phenolic OH excluding ortho intramolecular Hbond substituents is 1. The number of aliphatic hydroxyl groups excluding tert-OH is 1. The molecule has 1 amide bonds. The van der Waals surface area contributed by atoms with Crippen molar-refractivity contribution in [3.63, 3.8) is 0 Å². The highest BCUT2D eigenvalue weighted by Crippen LogP contribution is 2.39. The number of amides is 1. The lowest BCUT2D eigenvalue weighted by atomic mass is 9.89. The lowest BCUT2D eigenvalue weighted by molar-refractivity contribution is -0.131. The Labute approximate surface area is 304 Å². The van der Waals surface area contributed by atoms with E-state index in [9.17, 15) is 24.2 Å². The Morgan fingerprint density at radius 1 is 1.16 bits per heavy atom. The molecule has 1 aromatic heterocycles. The number of ether oxygens (including phenoxy) is 1. The van der Waals surface area contributed by atoms with Crippen molar-refractivity contribution < 1.29 is 28.9 Å². The number of carbonyl (C=O) groups is 2. The van der Waals surface area contributed by atoms with Crippen molar-refractivity contribution in [3.05, 3.63) is 68.9 Å². The number of aldehydes is 1. The van der Waals surface area contributed by atoms with Crippen LogP contribution < -0.4 is 10.6 Å². The van der Waals surface area contributed by atoms with Crippen LogP contribution in [0.2, 0.25) is 0 Å². The fraction of sp³-hybridized carbons (Fsp3) is 0.541. The summed E-state index contributed by atoms with van der Waals surface area (Å²) < 4.78 is 20.7. The number of nitrogens with one attached hydrogen (secondary N) is 2. The number of likely N-dealkylation sites (tertiary alicyclic amines) is 1. The Balaban J connectivity index is 0.000000479. The molecule has 10 nitrogen and oxygen atoms in total. The minimum atomic E-state index is -0.850. The molecule has 3 heterocycles. The number of hydrogen-bond acceptors (Lipinski definition) is 11. The molecule has 5 rings (SSSR count). The van der Waals surface area contributed by atoms with Crippen LogP contribution in [-0.4, -0.2) is 102 Å². The molecule has 0 saturated carbocycles. The number of benzene rings is 2. The molecule has 0 aliphatic carbocycles. The molecule has 0 bridgehead atoms. The van der Waals surface area contributed by atoms with E-state index in [0.717, 1.165) is 69.0 Å². The normalized spacial score (nSPS) is 16.6. The first-order valence-corrected chi connectivity index (χ1v) is 19.4. The fourth-order valence-electron chi connectivity index (χ4n) is 6.09. The number of hydrogen-bond donors (Lipinski definition) is 4. The van der Waals surface area contributed by atoms with E-state index in [1.165, 1.54) is 29.2 Å². The molecule has 50 heavy (non-hydrogen) atoms. The molecule has 2 aromatic carbocycles. The number of aromatic hydroxyl groups is 1. The number of nitrogens with zero attached hydrogens (tertiary/aromatic N) is 3. The highest BCUT2D eigenvalue weighted by Gasteiger charge is 2.38. The van der Waals surface area contributed by atoms with E-state index in [4.69, 9.17) is 4.74 Å². The van der Waals surface area contributed by atoms with Crippen LogP contribution in [0.5, 0.6) is 5.75 Å². The van der Waals surface area contributed by atoms with Gasteiger partial charge in [-0.15, -0.1) is 23.1 Å². The summed E-state index contributed by atoms with van der Waals surface area (Å²) in [6, 6.07) is 8.46. The van der Waals surface area contributed by atoms with Gasteiger partial charge in [0.25, 0.3) is 0 Å². The van der Waals surface area contributed by atoms with Crippen LogP contribution in [0.3, 0.4) is 0 Å². The van der Waals surface area contributed by atoms with E-state index in [1.807, 2.05) is 32.2 Å². The third kappa shape index (κ3) is 11.8. The number of piperidine rings is 1. The van der Waals surface area contributed by atoms with Crippen LogP contribution in [-0.2, 0) is 22.5 Å². The molecule has 276 valence electrons. The zero-order valence-electron chi connectivity index (χ0n) is 30.2. The SMILES string of the molecule is CC.CC(C)c1nc(C=O)cs1.CSc1c(C(O)CNCCc2cc(CN3CCC4(CC3)CN(C)CCO4)ccc2F)ccc(O)c1NC=O. The van der Waals surface area contributed by atoms with E-state index >= 15 is 0 Å². The van der Waals surface area contributed by atoms with Gasteiger partial charge >= 0.3 is 0 Å². The van der Waals surface area contributed by atoms with E-state index in [-0.39, 0.29) is 29.4 Å². The first kappa shape index (κ1) is 41.5. The summed E-state index contributed by atoms with van der Waals surface area (Å²) in [5.74, 6) is 0.151. The van der Waals surface area contributed by atoms with Crippen molar-refractivity contribution >= 4 is 41.5 Å². The standard InChI is InChI=1S/C28H39FN4O4S.C7H9NOS.C2H6/c1-32-13-14-37-28(18-32)8-11-33(12-9-28)17-20-3-5-23(29)21(15-20)7-10-30-16-25(36)22-4-6-24(35)26(31-19-34)27(22)38-2;1-5(2)7-8-6(3-9)4-10-7;1-2/h3-6,15,19,25,30,35-36H,7-14,16-18H2,1-2H3,(H,31,34);3-5H,1-2H3;1-2H3. The highest BCUT2D eigenvalue weighted by molar-refractivity contribution is 7.98. The Morgan fingerprint density at radius 2 is 1.90 bits per heavy atom. The quantitative estimate of drug-likeness (QED) is 0.0711. The maximum absolute atomic E-state index is 14.6. The zero-order valence-corrected chi connectivity index (χ0v) is 31.8. The van der Waals surface area contributed by atoms with E-state index in [2.05, 4.69) is 46.3 Å². The second-order valence-electron chi connectivity index (χ2n) is 12.7. The summed E-state index contributed by atoms with van der Waals surface area (Å²) in [7, 11) is 2.16. The molecule has 2 aliphatic rings. The van der Waals surface area contributed by atoms with Crippen molar-refractivity contribution in [3.8, 4) is 5.75 Å².